The van der Waals surface area contributed by atoms with Crippen LogP contribution in [0.2, 0.25) is 5.02 Å². The molecule has 0 spiro atoms. The van der Waals surface area contributed by atoms with Crippen LogP contribution in [0.15, 0.2) is 69.2 Å². The molecule has 0 aliphatic rings. The number of furan rings is 2. The number of benzene rings is 1. The monoisotopic (exact) mass is 352 g/mol. The van der Waals surface area contributed by atoms with Crippen LogP contribution in [0.1, 0.15) is 11.5 Å². The lowest BCUT2D eigenvalue weighted by molar-refractivity contribution is -0.117. The Kier molecular flexibility index (Phi) is 5.03. The Morgan fingerprint density at radius 3 is 2.84 bits per heavy atom. The molecule has 0 atom stereocenters. The number of carbonyl (C=O) groups excluding carboxylic acids is 1. The summed E-state index contributed by atoms with van der Waals surface area (Å²) in [6.07, 6.45) is 2.91. The van der Waals surface area contributed by atoms with E-state index in [1.165, 1.54) is 12.3 Å². The zero-order valence-corrected chi connectivity index (χ0v) is 13.8. The predicted molar refractivity (Wildman–Crippen MR) is 93.3 cm³/mol. The third kappa shape index (κ3) is 4.19. The summed E-state index contributed by atoms with van der Waals surface area (Å²) in [5.74, 6) is 1.10. The van der Waals surface area contributed by atoms with Gasteiger partial charge in [0.25, 0.3) is 5.91 Å². The number of nitriles is 1. The van der Waals surface area contributed by atoms with Crippen LogP contribution in [0.25, 0.3) is 17.4 Å². The Morgan fingerprint density at radius 1 is 1.24 bits per heavy atom. The minimum atomic E-state index is -0.500. The lowest BCUT2D eigenvalue weighted by atomic mass is 10.2. The van der Waals surface area contributed by atoms with Gasteiger partial charge in [-0.2, -0.15) is 5.26 Å². The van der Waals surface area contributed by atoms with Crippen LogP contribution >= 0.6 is 11.6 Å². The number of nitrogens with zero attached hydrogens (tertiary/aromatic N) is 1. The average Bonchev–Trinajstić information content (AvgIpc) is 3.29. The lowest BCUT2D eigenvalue weighted by Crippen LogP contribution is -2.23. The van der Waals surface area contributed by atoms with Crippen LogP contribution in [-0.2, 0) is 11.3 Å². The summed E-state index contributed by atoms with van der Waals surface area (Å²) >= 11 is 5.97. The smallest absolute Gasteiger partial charge is 0.262 e. The molecule has 5 nitrogen and oxygen atoms in total. The molecule has 124 valence electrons. The predicted octanol–water partition coefficient (Wildman–Crippen LogP) is 4.42. The van der Waals surface area contributed by atoms with Crippen molar-refractivity contribution in [1.29, 1.82) is 5.26 Å². The van der Waals surface area contributed by atoms with Crippen LogP contribution in [0, 0.1) is 11.3 Å². The van der Waals surface area contributed by atoms with E-state index in [-0.39, 0.29) is 12.1 Å². The molecular formula is C19H13ClN2O3. The van der Waals surface area contributed by atoms with E-state index in [4.69, 9.17) is 20.4 Å². The molecule has 0 saturated carbocycles. The normalized spacial score (nSPS) is 11.1. The van der Waals surface area contributed by atoms with Gasteiger partial charge in [0.2, 0.25) is 0 Å². The molecule has 0 unspecified atom stereocenters. The summed E-state index contributed by atoms with van der Waals surface area (Å²) in [4.78, 5) is 12.1. The SMILES string of the molecule is N#C/C(=C/c1ccc(-c2cccc(Cl)c2)o1)C(=O)NCc1ccco1. The van der Waals surface area contributed by atoms with Gasteiger partial charge in [0.1, 0.15) is 28.9 Å². The van der Waals surface area contributed by atoms with Gasteiger partial charge < -0.3 is 14.2 Å². The zero-order chi connectivity index (χ0) is 17.6. The van der Waals surface area contributed by atoms with Crippen molar-refractivity contribution in [2.75, 3.05) is 0 Å². The fourth-order valence-electron chi connectivity index (χ4n) is 2.19. The van der Waals surface area contributed by atoms with Crippen LogP contribution in [0.4, 0.5) is 0 Å². The molecule has 2 aromatic heterocycles. The molecule has 0 bridgehead atoms. The molecule has 1 aromatic carbocycles. The van der Waals surface area contributed by atoms with E-state index in [9.17, 15) is 10.1 Å². The Labute approximate surface area is 149 Å². The van der Waals surface area contributed by atoms with Crippen molar-refractivity contribution < 1.29 is 13.6 Å². The minimum absolute atomic E-state index is 0.0569. The molecule has 6 heteroatoms. The summed E-state index contributed by atoms with van der Waals surface area (Å²) in [5, 5.41) is 12.4. The maximum Gasteiger partial charge on any atom is 0.262 e. The molecule has 1 N–H and O–H groups in total. The van der Waals surface area contributed by atoms with Gasteiger partial charge in [-0.1, -0.05) is 23.7 Å². The van der Waals surface area contributed by atoms with E-state index in [1.807, 2.05) is 18.2 Å². The molecule has 0 radical (unpaired) electrons. The highest BCUT2D eigenvalue weighted by Gasteiger charge is 2.11. The van der Waals surface area contributed by atoms with E-state index in [0.717, 1.165) is 5.56 Å². The van der Waals surface area contributed by atoms with Crippen LogP contribution in [0.3, 0.4) is 0 Å². The number of carbonyl (C=O) groups is 1. The van der Waals surface area contributed by atoms with Crippen molar-refractivity contribution in [3.8, 4) is 17.4 Å². The molecule has 25 heavy (non-hydrogen) atoms. The van der Waals surface area contributed by atoms with Crippen molar-refractivity contribution in [1.82, 2.24) is 5.32 Å². The van der Waals surface area contributed by atoms with Crippen molar-refractivity contribution in [3.63, 3.8) is 0 Å². The molecule has 0 aliphatic heterocycles. The number of nitrogens with one attached hydrogen (secondary N) is 1. The number of halogens is 1. The Morgan fingerprint density at radius 2 is 2.12 bits per heavy atom. The second kappa shape index (κ2) is 7.56. The standard InChI is InChI=1S/C19H13ClN2O3/c20-15-4-1-3-13(9-15)18-7-6-16(25-18)10-14(11-21)19(23)22-12-17-5-2-8-24-17/h1-10H,12H2,(H,22,23)/b14-10-. The van der Waals surface area contributed by atoms with E-state index < -0.39 is 5.91 Å². The summed E-state index contributed by atoms with van der Waals surface area (Å²) in [6, 6.07) is 16.0. The third-order valence-electron chi connectivity index (χ3n) is 3.39. The summed E-state index contributed by atoms with van der Waals surface area (Å²) in [6.45, 7) is 0.205. The number of hydrogen-bond donors (Lipinski definition) is 1. The van der Waals surface area contributed by atoms with Crippen molar-refractivity contribution in [2.45, 2.75) is 6.54 Å². The van der Waals surface area contributed by atoms with E-state index in [1.54, 1.807) is 36.4 Å². The molecule has 0 saturated heterocycles. The summed E-state index contributed by atoms with van der Waals surface area (Å²) < 4.78 is 10.8. The molecule has 0 aliphatic carbocycles. The Bertz CT molecular complexity index is 949. The van der Waals surface area contributed by atoms with E-state index in [0.29, 0.717) is 22.3 Å². The largest absolute Gasteiger partial charge is 0.467 e. The highest BCUT2D eigenvalue weighted by atomic mass is 35.5. The third-order valence-corrected chi connectivity index (χ3v) is 3.63. The van der Waals surface area contributed by atoms with Crippen molar-refractivity contribution in [3.05, 3.63) is 76.9 Å². The van der Waals surface area contributed by atoms with Gasteiger partial charge in [-0.15, -0.1) is 0 Å². The van der Waals surface area contributed by atoms with Crippen LogP contribution in [-0.4, -0.2) is 5.91 Å². The van der Waals surface area contributed by atoms with E-state index >= 15 is 0 Å². The first-order valence-electron chi connectivity index (χ1n) is 7.44. The second-order valence-corrected chi connectivity index (χ2v) is 5.58. The van der Waals surface area contributed by atoms with Crippen LogP contribution < -0.4 is 5.32 Å². The van der Waals surface area contributed by atoms with Gasteiger partial charge in [-0.25, -0.2) is 0 Å². The number of rotatable bonds is 5. The summed E-state index contributed by atoms with van der Waals surface area (Å²) in [7, 11) is 0. The Hall–Kier alpha value is -3.23. The van der Waals surface area contributed by atoms with Gasteiger partial charge in [-0.05, 0) is 36.4 Å². The van der Waals surface area contributed by atoms with Crippen molar-refractivity contribution in [2.24, 2.45) is 0 Å². The highest BCUT2D eigenvalue weighted by Crippen LogP contribution is 2.25. The van der Waals surface area contributed by atoms with Crippen LogP contribution in [0.5, 0.6) is 0 Å². The number of amides is 1. The highest BCUT2D eigenvalue weighted by molar-refractivity contribution is 6.30. The van der Waals surface area contributed by atoms with Gasteiger partial charge in [-0.3, -0.25) is 4.79 Å². The molecule has 1 amide bonds. The first-order valence-corrected chi connectivity index (χ1v) is 7.81. The Balaban J connectivity index is 1.74. The quantitative estimate of drug-likeness (QED) is 0.544. The number of hydrogen-bond acceptors (Lipinski definition) is 4. The maximum absolute atomic E-state index is 12.1. The molecule has 2 heterocycles. The second-order valence-electron chi connectivity index (χ2n) is 5.14. The first kappa shape index (κ1) is 16.6. The van der Waals surface area contributed by atoms with Gasteiger partial charge in [0.15, 0.2) is 0 Å². The summed E-state index contributed by atoms with van der Waals surface area (Å²) in [5.41, 5.74) is 0.756. The molecular weight excluding hydrogens is 340 g/mol. The van der Waals surface area contributed by atoms with Gasteiger partial charge in [0.05, 0.1) is 12.8 Å². The van der Waals surface area contributed by atoms with Gasteiger partial charge in [0, 0.05) is 16.7 Å². The molecule has 3 rings (SSSR count). The van der Waals surface area contributed by atoms with Crippen molar-refractivity contribution >= 4 is 23.6 Å². The topological polar surface area (TPSA) is 79.2 Å². The fraction of sp³-hybridized carbons (Fsp3) is 0.0526. The minimum Gasteiger partial charge on any atom is -0.467 e. The maximum atomic E-state index is 12.1. The average molecular weight is 353 g/mol. The van der Waals surface area contributed by atoms with Gasteiger partial charge >= 0.3 is 0 Å². The zero-order valence-electron chi connectivity index (χ0n) is 13.0. The van der Waals surface area contributed by atoms with E-state index in [2.05, 4.69) is 5.32 Å². The molecule has 0 fully saturated rings. The lowest BCUT2D eigenvalue weighted by Gasteiger charge is -2.01. The first-order chi connectivity index (χ1) is 12.2. The molecule has 3 aromatic rings. The fourth-order valence-corrected chi connectivity index (χ4v) is 2.38.